The molecule has 0 aliphatic heterocycles. The molecule has 4 rings (SSSR count). The summed E-state index contributed by atoms with van der Waals surface area (Å²) in [6.45, 7) is 6.93. The molecule has 126 valence electrons. The van der Waals surface area contributed by atoms with Crippen molar-refractivity contribution in [2.24, 2.45) is 5.92 Å². The number of aromatic nitrogens is 2. The van der Waals surface area contributed by atoms with Crippen molar-refractivity contribution in [3.63, 3.8) is 0 Å². The Morgan fingerprint density at radius 3 is 2.84 bits per heavy atom. The summed E-state index contributed by atoms with van der Waals surface area (Å²) in [6, 6.07) is 8.23. The monoisotopic (exact) mass is 359 g/mol. The summed E-state index contributed by atoms with van der Waals surface area (Å²) in [7, 11) is 0. The number of pyridine rings is 1. The summed E-state index contributed by atoms with van der Waals surface area (Å²) in [5, 5.41) is 0. The van der Waals surface area contributed by atoms with E-state index in [2.05, 4.69) is 9.83 Å². The van der Waals surface area contributed by atoms with E-state index in [0.717, 1.165) is 11.3 Å². The average molecular weight is 359 g/mol. The van der Waals surface area contributed by atoms with Gasteiger partial charge in [0.25, 0.3) is 5.92 Å². The van der Waals surface area contributed by atoms with E-state index in [1.165, 1.54) is 10.8 Å². The van der Waals surface area contributed by atoms with E-state index >= 15 is 0 Å². The minimum absolute atomic E-state index is 0.0334. The van der Waals surface area contributed by atoms with E-state index in [1.54, 1.807) is 30.3 Å². The Hall–Kier alpha value is -2.79. The normalized spacial score (nSPS) is 18.0. The fourth-order valence-electron chi connectivity index (χ4n) is 2.59. The minimum atomic E-state index is -2.65. The first kappa shape index (κ1) is 15.7. The summed E-state index contributed by atoms with van der Waals surface area (Å²) in [4.78, 5) is 19.1. The Bertz CT molecular complexity index is 1050. The summed E-state index contributed by atoms with van der Waals surface area (Å²) >= 11 is 1.00. The average Bonchev–Trinajstić information content (AvgIpc) is 3.07. The molecule has 1 saturated carbocycles. The summed E-state index contributed by atoms with van der Waals surface area (Å²) in [5.74, 6) is -2.60. The maximum absolute atomic E-state index is 13.1. The zero-order valence-electron chi connectivity index (χ0n) is 12.8. The maximum Gasteiger partial charge on any atom is 0.308 e. The van der Waals surface area contributed by atoms with Gasteiger partial charge in [-0.05, 0) is 24.3 Å². The topological polar surface area (TPSA) is 48.5 Å². The largest absolute Gasteiger partial charge is 0.439 e. The lowest BCUT2D eigenvalue weighted by Crippen LogP contribution is -2.15. The van der Waals surface area contributed by atoms with Gasteiger partial charge in [0.05, 0.1) is 16.8 Å². The first-order valence-electron chi connectivity index (χ1n) is 7.49. The van der Waals surface area contributed by atoms with Gasteiger partial charge in [0.2, 0.25) is 11.6 Å². The first-order chi connectivity index (χ1) is 12.0. The smallest absolute Gasteiger partial charge is 0.308 e. The van der Waals surface area contributed by atoms with Gasteiger partial charge >= 0.3 is 4.87 Å². The van der Waals surface area contributed by atoms with E-state index in [4.69, 9.17) is 11.3 Å². The van der Waals surface area contributed by atoms with Crippen molar-refractivity contribution in [3.05, 3.63) is 57.6 Å². The predicted molar refractivity (Wildman–Crippen MR) is 89.7 cm³/mol. The molecular weight excluding hydrogens is 348 g/mol. The van der Waals surface area contributed by atoms with Crippen molar-refractivity contribution in [3.8, 4) is 11.6 Å². The molecule has 3 aromatic rings. The minimum Gasteiger partial charge on any atom is -0.439 e. The number of ether oxygens (including phenoxy) is 1. The third-order valence-corrected chi connectivity index (χ3v) is 5.01. The molecule has 25 heavy (non-hydrogen) atoms. The predicted octanol–water partition coefficient (Wildman–Crippen LogP) is 4.46. The number of halogens is 2. The van der Waals surface area contributed by atoms with Gasteiger partial charge in [0, 0.05) is 31.1 Å². The van der Waals surface area contributed by atoms with Gasteiger partial charge in [-0.25, -0.2) is 18.6 Å². The van der Waals surface area contributed by atoms with E-state index in [1.807, 2.05) is 0 Å². The zero-order valence-corrected chi connectivity index (χ0v) is 13.6. The van der Waals surface area contributed by atoms with Crippen LogP contribution in [0.3, 0.4) is 0 Å². The number of thiazole rings is 1. The Morgan fingerprint density at radius 2 is 2.20 bits per heavy atom. The van der Waals surface area contributed by atoms with Crippen molar-refractivity contribution in [1.82, 2.24) is 9.55 Å². The lowest BCUT2D eigenvalue weighted by Gasteiger charge is -2.06. The van der Waals surface area contributed by atoms with Gasteiger partial charge in [-0.3, -0.25) is 9.36 Å². The number of benzene rings is 1. The zero-order chi connectivity index (χ0) is 17.6. The summed E-state index contributed by atoms with van der Waals surface area (Å²) in [5.41, 5.74) is 1.04. The van der Waals surface area contributed by atoms with E-state index in [-0.39, 0.29) is 17.8 Å². The Labute approximate surface area is 144 Å². The molecule has 2 heterocycles. The third kappa shape index (κ3) is 2.98. The van der Waals surface area contributed by atoms with Crippen LogP contribution in [0.1, 0.15) is 6.42 Å². The van der Waals surface area contributed by atoms with Crippen LogP contribution in [-0.2, 0) is 6.54 Å². The molecule has 1 unspecified atom stereocenters. The van der Waals surface area contributed by atoms with Crippen molar-refractivity contribution in [2.45, 2.75) is 18.9 Å². The van der Waals surface area contributed by atoms with Crippen LogP contribution in [0.25, 0.3) is 15.1 Å². The molecule has 0 amide bonds. The highest BCUT2D eigenvalue weighted by Crippen LogP contribution is 2.49. The van der Waals surface area contributed by atoms with Gasteiger partial charge in [-0.1, -0.05) is 11.3 Å². The molecule has 0 spiro atoms. The van der Waals surface area contributed by atoms with Crippen LogP contribution in [0.2, 0.25) is 0 Å². The maximum atomic E-state index is 13.1. The number of rotatable bonds is 4. The second kappa shape index (κ2) is 5.63. The van der Waals surface area contributed by atoms with E-state index in [0.29, 0.717) is 27.5 Å². The van der Waals surface area contributed by atoms with Gasteiger partial charge in [0.15, 0.2) is 0 Å². The van der Waals surface area contributed by atoms with Crippen LogP contribution in [0.4, 0.5) is 14.5 Å². The molecule has 0 radical (unpaired) electrons. The van der Waals surface area contributed by atoms with E-state index in [9.17, 15) is 13.6 Å². The van der Waals surface area contributed by atoms with Crippen molar-refractivity contribution in [2.75, 3.05) is 0 Å². The molecule has 2 aromatic heterocycles. The fourth-order valence-corrected chi connectivity index (χ4v) is 3.52. The first-order valence-corrected chi connectivity index (χ1v) is 8.30. The molecule has 5 nitrogen and oxygen atoms in total. The van der Waals surface area contributed by atoms with Gasteiger partial charge < -0.3 is 4.74 Å². The highest BCUT2D eigenvalue weighted by Gasteiger charge is 2.56. The molecule has 1 aromatic carbocycles. The van der Waals surface area contributed by atoms with Gasteiger partial charge in [-0.2, -0.15) is 0 Å². The molecule has 1 aliphatic carbocycles. The fraction of sp³-hybridized carbons (Fsp3) is 0.235. The molecule has 1 atom stereocenters. The molecular formula is C17H11F2N3O2S. The Morgan fingerprint density at radius 1 is 1.40 bits per heavy atom. The van der Waals surface area contributed by atoms with Crippen molar-refractivity contribution in [1.29, 1.82) is 0 Å². The number of hydrogen-bond donors (Lipinski definition) is 0. The van der Waals surface area contributed by atoms with Crippen molar-refractivity contribution < 1.29 is 13.5 Å². The molecule has 0 saturated heterocycles. The van der Waals surface area contributed by atoms with Crippen LogP contribution in [0.15, 0.2) is 41.3 Å². The third-order valence-electron chi connectivity index (χ3n) is 4.07. The van der Waals surface area contributed by atoms with E-state index < -0.39 is 11.8 Å². The van der Waals surface area contributed by atoms with Crippen molar-refractivity contribution >= 4 is 27.2 Å². The van der Waals surface area contributed by atoms with Gasteiger partial charge in [-0.15, -0.1) is 0 Å². The second-order valence-electron chi connectivity index (χ2n) is 5.84. The molecule has 0 bridgehead atoms. The highest BCUT2D eigenvalue weighted by atomic mass is 32.1. The van der Waals surface area contributed by atoms with Gasteiger partial charge in [0.1, 0.15) is 5.75 Å². The molecule has 1 aliphatic rings. The number of fused-ring (bicyclic) bond motifs is 1. The summed E-state index contributed by atoms with van der Waals surface area (Å²) < 4.78 is 33.9. The quantitative estimate of drug-likeness (QED) is 0.647. The standard InChI is InChI=1S/C17H11F2N3O2S/c1-20-11-2-5-15(21-8-11)24-12-3-4-13-14(6-12)25-16(23)22(13)9-10-7-17(10,18)19/h2-6,8,10H,7,9H2. The van der Waals surface area contributed by atoms with Crippen LogP contribution >= 0.6 is 11.3 Å². The number of nitrogens with zero attached hydrogens (tertiary/aromatic N) is 3. The lowest BCUT2D eigenvalue weighted by atomic mass is 10.3. The highest BCUT2D eigenvalue weighted by molar-refractivity contribution is 7.16. The van der Waals surface area contributed by atoms with Crippen LogP contribution < -0.4 is 9.61 Å². The Kier molecular flexibility index (Phi) is 3.54. The number of alkyl halides is 2. The molecule has 1 fully saturated rings. The van der Waals surface area contributed by atoms with Crippen LogP contribution in [-0.4, -0.2) is 15.5 Å². The summed E-state index contributed by atoms with van der Waals surface area (Å²) in [6.07, 6.45) is 1.25. The Balaban J connectivity index is 1.60. The second-order valence-corrected chi connectivity index (χ2v) is 6.83. The van der Waals surface area contributed by atoms with Crippen LogP contribution in [0.5, 0.6) is 11.6 Å². The molecule has 0 N–H and O–H groups in total. The SMILES string of the molecule is [C-]#[N+]c1ccc(Oc2ccc3c(c2)sc(=O)n3CC2CC2(F)F)nc1. The molecule has 8 heteroatoms. The lowest BCUT2D eigenvalue weighted by molar-refractivity contribution is 0.0953. The number of hydrogen-bond acceptors (Lipinski definition) is 4. The van der Waals surface area contributed by atoms with Crippen LogP contribution in [0, 0.1) is 12.5 Å².